The highest BCUT2D eigenvalue weighted by Gasteiger charge is 2.30. The normalized spacial score (nSPS) is 12.7. The molecule has 0 radical (unpaired) electrons. The van der Waals surface area contributed by atoms with Crippen molar-refractivity contribution in [3.05, 3.63) is 102 Å². The smallest absolute Gasteiger partial charge is 0.305 e. The quantitative estimate of drug-likeness (QED) is 0.163. The van der Waals surface area contributed by atoms with E-state index in [9.17, 15) is 24.2 Å². The second-order valence-electron chi connectivity index (χ2n) is 10.4. The predicted molar refractivity (Wildman–Crippen MR) is 157 cm³/mol. The van der Waals surface area contributed by atoms with E-state index >= 15 is 0 Å². The third kappa shape index (κ3) is 7.28. The number of hydrogen-bond acceptors (Lipinski definition) is 4. The van der Waals surface area contributed by atoms with Crippen molar-refractivity contribution in [2.45, 2.75) is 57.8 Å². The maximum Gasteiger partial charge on any atom is 0.305 e. The molecule has 214 valence electrons. The summed E-state index contributed by atoms with van der Waals surface area (Å²) in [5.74, 6) is -1.83. The van der Waals surface area contributed by atoms with E-state index in [1.54, 1.807) is 12.1 Å². The van der Waals surface area contributed by atoms with Crippen LogP contribution in [-0.2, 0) is 11.2 Å². The number of nitrogens with zero attached hydrogens (tertiary/aromatic N) is 1. The monoisotopic (exact) mass is 558 g/mol. The van der Waals surface area contributed by atoms with Gasteiger partial charge >= 0.3 is 5.97 Å². The summed E-state index contributed by atoms with van der Waals surface area (Å²) in [5.41, 5.74) is 4.81. The molecule has 0 aliphatic heterocycles. The van der Waals surface area contributed by atoms with Crippen LogP contribution >= 0.6 is 0 Å². The molecular formula is C33H35FN2O5. The summed E-state index contributed by atoms with van der Waals surface area (Å²) in [6, 6.07) is 24.6. The van der Waals surface area contributed by atoms with E-state index in [1.807, 2.05) is 79.1 Å². The molecule has 2 unspecified atom stereocenters. The van der Waals surface area contributed by atoms with Crippen LogP contribution in [0.2, 0.25) is 0 Å². The number of amides is 1. The summed E-state index contributed by atoms with van der Waals surface area (Å²) in [5, 5.41) is 32.8. The van der Waals surface area contributed by atoms with E-state index in [0.717, 1.165) is 16.8 Å². The fourth-order valence-corrected chi connectivity index (χ4v) is 5.22. The van der Waals surface area contributed by atoms with Crippen molar-refractivity contribution < 1.29 is 29.3 Å². The van der Waals surface area contributed by atoms with Crippen LogP contribution in [0.5, 0.6) is 0 Å². The molecule has 0 saturated heterocycles. The topological polar surface area (TPSA) is 112 Å². The Hall–Kier alpha value is -4.27. The molecule has 1 heterocycles. The molecule has 0 saturated carbocycles. The van der Waals surface area contributed by atoms with Crippen molar-refractivity contribution in [3.63, 3.8) is 0 Å². The SMILES string of the molecule is CC(C)n1c(CCC(O)CC(O)CC(=O)O)c(-c2ccc(F)cc2)c(-c2ccccc2)c1C(=O)Nc1ccccc1. The zero-order chi connectivity index (χ0) is 29.5. The largest absolute Gasteiger partial charge is 0.481 e. The summed E-state index contributed by atoms with van der Waals surface area (Å²) in [6.07, 6.45) is -2.15. The first-order chi connectivity index (χ1) is 19.7. The van der Waals surface area contributed by atoms with Gasteiger partial charge in [-0.25, -0.2) is 4.39 Å². The molecule has 0 bridgehead atoms. The molecule has 0 aliphatic carbocycles. The van der Waals surface area contributed by atoms with E-state index in [1.165, 1.54) is 12.1 Å². The molecule has 2 atom stereocenters. The number of aromatic nitrogens is 1. The first-order valence-corrected chi connectivity index (χ1v) is 13.7. The predicted octanol–water partition coefficient (Wildman–Crippen LogP) is 6.31. The van der Waals surface area contributed by atoms with Gasteiger partial charge < -0.3 is 25.2 Å². The highest BCUT2D eigenvalue weighted by Crippen LogP contribution is 2.42. The van der Waals surface area contributed by atoms with Gasteiger partial charge in [0.05, 0.1) is 18.6 Å². The van der Waals surface area contributed by atoms with Gasteiger partial charge in [0.2, 0.25) is 0 Å². The van der Waals surface area contributed by atoms with Gasteiger partial charge in [-0.05, 0) is 68.5 Å². The lowest BCUT2D eigenvalue weighted by Gasteiger charge is -2.20. The molecule has 0 spiro atoms. The number of halogens is 1. The van der Waals surface area contributed by atoms with Gasteiger partial charge in [0.1, 0.15) is 11.5 Å². The Balaban J connectivity index is 1.89. The molecule has 3 aromatic carbocycles. The zero-order valence-corrected chi connectivity index (χ0v) is 23.1. The van der Waals surface area contributed by atoms with Crippen molar-refractivity contribution in [1.29, 1.82) is 0 Å². The van der Waals surface area contributed by atoms with E-state index in [4.69, 9.17) is 5.11 Å². The Kier molecular flexibility index (Phi) is 9.70. The van der Waals surface area contributed by atoms with Gasteiger partial charge in [0, 0.05) is 28.6 Å². The lowest BCUT2D eigenvalue weighted by molar-refractivity contribution is -0.139. The minimum Gasteiger partial charge on any atom is -0.481 e. The Morgan fingerprint density at radius 2 is 1.41 bits per heavy atom. The van der Waals surface area contributed by atoms with E-state index in [0.29, 0.717) is 28.9 Å². The number of carboxylic acids is 1. The molecule has 7 nitrogen and oxygen atoms in total. The number of aliphatic hydroxyl groups is 2. The molecule has 41 heavy (non-hydrogen) atoms. The molecule has 4 aromatic rings. The van der Waals surface area contributed by atoms with Crippen molar-refractivity contribution in [3.8, 4) is 22.3 Å². The average molecular weight is 559 g/mol. The maximum atomic E-state index is 14.0. The number of carboxylic acid groups (broad SMARTS) is 1. The number of anilines is 1. The number of carbonyl (C=O) groups excluding carboxylic acids is 1. The number of benzene rings is 3. The van der Waals surface area contributed by atoms with Crippen LogP contribution in [0.1, 0.15) is 55.3 Å². The average Bonchev–Trinajstić information content (AvgIpc) is 3.28. The van der Waals surface area contributed by atoms with E-state index in [-0.39, 0.29) is 30.6 Å². The van der Waals surface area contributed by atoms with Crippen LogP contribution in [0.15, 0.2) is 84.9 Å². The van der Waals surface area contributed by atoms with Gasteiger partial charge in [-0.1, -0.05) is 60.7 Å². The molecule has 1 aromatic heterocycles. The van der Waals surface area contributed by atoms with Gasteiger partial charge in [-0.15, -0.1) is 0 Å². The fraction of sp³-hybridized carbons (Fsp3) is 0.273. The van der Waals surface area contributed by atoms with Gasteiger partial charge in [-0.3, -0.25) is 9.59 Å². The second kappa shape index (κ2) is 13.4. The van der Waals surface area contributed by atoms with Gasteiger partial charge in [-0.2, -0.15) is 0 Å². The molecule has 1 amide bonds. The second-order valence-corrected chi connectivity index (χ2v) is 10.4. The molecule has 0 aliphatic rings. The summed E-state index contributed by atoms with van der Waals surface area (Å²) >= 11 is 0. The number of nitrogens with one attached hydrogen (secondary N) is 1. The summed E-state index contributed by atoms with van der Waals surface area (Å²) < 4.78 is 16.0. The Morgan fingerprint density at radius 1 is 0.829 bits per heavy atom. The Morgan fingerprint density at radius 3 is 2.00 bits per heavy atom. The molecule has 0 fully saturated rings. The molecule has 4 N–H and O–H groups in total. The van der Waals surface area contributed by atoms with Gasteiger partial charge in [0.25, 0.3) is 5.91 Å². The molecular weight excluding hydrogens is 523 g/mol. The van der Waals surface area contributed by atoms with Crippen molar-refractivity contribution >= 4 is 17.6 Å². The number of aliphatic carboxylic acids is 1. The lowest BCUT2D eigenvalue weighted by Crippen LogP contribution is -2.22. The van der Waals surface area contributed by atoms with Crippen molar-refractivity contribution in [2.75, 3.05) is 5.32 Å². The fourth-order valence-electron chi connectivity index (χ4n) is 5.22. The number of hydrogen-bond donors (Lipinski definition) is 4. The van der Waals surface area contributed by atoms with Crippen molar-refractivity contribution in [2.24, 2.45) is 0 Å². The van der Waals surface area contributed by atoms with E-state index < -0.39 is 24.6 Å². The first kappa shape index (κ1) is 29.7. The number of para-hydroxylation sites is 1. The van der Waals surface area contributed by atoms with Crippen LogP contribution in [0.3, 0.4) is 0 Å². The minimum absolute atomic E-state index is 0.0898. The minimum atomic E-state index is -1.18. The van der Waals surface area contributed by atoms with Crippen molar-refractivity contribution in [1.82, 2.24) is 4.57 Å². The number of aliphatic hydroxyl groups excluding tert-OH is 2. The Bertz CT molecular complexity index is 1470. The highest BCUT2D eigenvalue weighted by atomic mass is 19.1. The summed E-state index contributed by atoms with van der Waals surface area (Å²) in [6.45, 7) is 3.94. The van der Waals surface area contributed by atoms with Gasteiger partial charge in [0.15, 0.2) is 0 Å². The van der Waals surface area contributed by atoms with Crippen LogP contribution in [0.25, 0.3) is 22.3 Å². The van der Waals surface area contributed by atoms with Crippen LogP contribution < -0.4 is 5.32 Å². The van der Waals surface area contributed by atoms with Crippen LogP contribution in [-0.4, -0.2) is 44.0 Å². The van der Waals surface area contributed by atoms with Crippen LogP contribution in [0, 0.1) is 5.82 Å². The third-order valence-corrected chi connectivity index (χ3v) is 6.93. The lowest BCUT2D eigenvalue weighted by atomic mass is 9.92. The molecule has 8 heteroatoms. The number of rotatable bonds is 12. The maximum absolute atomic E-state index is 14.0. The zero-order valence-electron chi connectivity index (χ0n) is 23.1. The molecule has 4 rings (SSSR count). The highest BCUT2D eigenvalue weighted by molar-refractivity contribution is 6.11. The summed E-state index contributed by atoms with van der Waals surface area (Å²) in [4.78, 5) is 25.0. The van der Waals surface area contributed by atoms with E-state index in [2.05, 4.69) is 5.32 Å². The standard InChI is InChI=1S/C33H35FN2O5/c1-21(2)36-28(18-17-26(37)19-27(38)20-29(39)40)30(23-13-15-24(34)16-14-23)31(22-9-5-3-6-10-22)32(36)33(41)35-25-11-7-4-8-12-25/h3-16,21,26-27,37-38H,17-20H2,1-2H3,(H,35,41)(H,39,40). The Labute approximate surface area is 238 Å². The number of carbonyl (C=O) groups is 2. The first-order valence-electron chi connectivity index (χ1n) is 13.7. The van der Waals surface area contributed by atoms with Crippen LogP contribution in [0.4, 0.5) is 10.1 Å². The summed E-state index contributed by atoms with van der Waals surface area (Å²) in [7, 11) is 0. The third-order valence-electron chi connectivity index (χ3n) is 6.93.